The second-order valence-electron chi connectivity index (χ2n) is 6.46. The van der Waals surface area contributed by atoms with E-state index in [1.807, 2.05) is 18.2 Å². The molecule has 2 N–H and O–H groups in total. The van der Waals surface area contributed by atoms with Crippen molar-refractivity contribution >= 4 is 28.5 Å². The molecular weight excluding hydrogens is 382 g/mol. The average Bonchev–Trinajstić information content (AvgIpc) is 2.67. The van der Waals surface area contributed by atoms with Gasteiger partial charge in [0.1, 0.15) is 11.3 Å². The molecule has 0 bridgehead atoms. The predicted octanol–water partition coefficient (Wildman–Crippen LogP) is 3.37. The van der Waals surface area contributed by atoms with E-state index in [0.29, 0.717) is 21.6 Å². The number of benzene rings is 2. The summed E-state index contributed by atoms with van der Waals surface area (Å²) in [5.74, 6) is -0.175. The monoisotopic (exact) mass is 401 g/mol. The summed E-state index contributed by atoms with van der Waals surface area (Å²) in [7, 11) is 0. The average molecular weight is 402 g/mol. The first kappa shape index (κ1) is 19.9. The van der Waals surface area contributed by atoms with Crippen LogP contribution < -0.4 is 15.7 Å². The number of nitrogens with one attached hydrogen (secondary N) is 1. The molecule has 0 saturated heterocycles. The molecule has 0 aliphatic heterocycles. The van der Waals surface area contributed by atoms with Crippen molar-refractivity contribution in [2.75, 3.05) is 6.54 Å². The fourth-order valence-corrected chi connectivity index (χ4v) is 3.00. The normalized spacial score (nSPS) is 13.1. The van der Waals surface area contributed by atoms with Gasteiger partial charge in [-0.1, -0.05) is 41.9 Å². The number of amides is 1. The Balaban J connectivity index is 1.68. The van der Waals surface area contributed by atoms with Crippen molar-refractivity contribution in [3.05, 3.63) is 75.1 Å². The van der Waals surface area contributed by atoms with Crippen LogP contribution in [0.1, 0.15) is 24.2 Å². The van der Waals surface area contributed by atoms with Crippen LogP contribution in [0.3, 0.4) is 0 Å². The molecule has 2 atom stereocenters. The lowest BCUT2D eigenvalue weighted by Crippen LogP contribution is -2.38. The smallest absolute Gasteiger partial charge is 0.336 e. The van der Waals surface area contributed by atoms with Crippen molar-refractivity contribution in [1.29, 1.82) is 0 Å². The van der Waals surface area contributed by atoms with Crippen molar-refractivity contribution in [2.45, 2.75) is 26.1 Å². The standard InChI is InChI=1S/C21H20ClNO5/c1-12-8-20(25)28-18-10-19(16(22)9-15(12)18)27-13(2)21(26)23-11-17(24)14-6-4-3-5-7-14/h3-10,13,17,24H,11H2,1-2H3,(H,23,26)/t13-,17+/m0/s1. The van der Waals surface area contributed by atoms with E-state index in [1.54, 1.807) is 32.0 Å². The quantitative estimate of drug-likeness (QED) is 0.618. The number of carbonyl (C=O) groups excluding carboxylic acids is 1. The molecule has 3 rings (SSSR count). The lowest BCUT2D eigenvalue weighted by Gasteiger charge is -2.18. The minimum Gasteiger partial charge on any atom is -0.479 e. The fourth-order valence-electron chi connectivity index (χ4n) is 2.79. The Morgan fingerprint density at radius 3 is 2.68 bits per heavy atom. The van der Waals surface area contributed by atoms with Crippen LogP contribution in [0.25, 0.3) is 11.0 Å². The molecule has 0 fully saturated rings. The third kappa shape index (κ3) is 4.52. The Morgan fingerprint density at radius 2 is 1.96 bits per heavy atom. The summed E-state index contributed by atoms with van der Waals surface area (Å²) in [5.41, 5.74) is 1.30. The van der Waals surface area contributed by atoms with Crippen LogP contribution in [0.5, 0.6) is 5.75 Å². The van der Waals surface area contributed by atoms with Gasteiger partial charge >= 0.3 is 5.63 Å². The summed E-state index contributed by atoms with van der Waals surface area (Å²) in [5, 5.41) is 13.8. The van der Waals surface area contributed by atoms with Gasteiger partial charge in [-0.2, -0.15) is 0 Å². The summed E-state index contributed by atoms with van der Waals surface area (Å²) in [6.45, 7) is 3.40. The van der Waals surface area contributed by atoms with Gasteiger partial charge in [-0.05, 0) is 31.0 Å². The Morgan fingerprint density at radius 1 is 1.25 bits per heavy atom. The number of halogens is 1. The number of aliphatic hydroxyl groups is 1. The summed E-state index contributed by atoms with van der Waals surface area (Å²) >= 11 is 6.25. The van der Waals surface area contributed by atoms with E-state index in [-0.39, 0.29) is 12.3 Å². The molecule has 0 radical (unpaired) electrons. The summed E-state index contributed by atoms with van der Waals surface area (Å²) in [6, 6.07) is 13.5. The highest BCUT2D eigenvalue weighted by Gasteiger charge is 2.19. The second-order valence-corrected chi connectivity index (χ2v) is 6.87. The number of carbonyl (C=O) groups is 1. The lowest BCUT2D eigenvalue weighted by atomic mass is 10.1. The maximum absolute atomic E-state index is 12.3. The largest absolute Gasteiger partial charge is 0.479 e. The maximum Gasteiger partial charge on any atom is 0.336 e. The SMILES string of the molecule is Cc1cc(=O)oc2cc(O[C@@H](C)C(=O)NC[C@@H](O)c3ccccc3)c(Cl)cc12. The van der Waals surface area contributed by atoms with Gasteiger partial charge in [0.2, 0.25) is 0 Å². The van der Waals surface area contributed by atoms with Gasteiger partial charge in [0.25, 0.3) is 5.91 Å². The summed E-state index contributed by atoms with van der Waals surface area (Å²) < 4.78 is 10.8. The molecule has 146 valence electrons. The van der Waals surface area contributed by atoms with E-state index in [4.69, 9.17) is 20.8 Å². The number of fused-ring (bicyclic) bond motifs is 1. The van der Waals surface area contributed by atoms with Crippen LogP contribution in [-0.2, 0) is 4.79 Å². The van der Waals surface area contributed by atoms with Crippen LogP contribution in [-0.4, -0.2) is 23.7 Å². The lowest BCUT2D eigenvalue weighted by molar-refractivity contribution is -0.127. The first-order valence-corrected chi connectivity index (χ1v) is 9.14. The van der Waals surface area contributed by atoms with Crippen molar-refractivity contribution in [2.24, 2.45) is 0 Å². The number of hydrogen-bond donors (Lipinski definition) is 2. The van der Waals surface area contributed by atoms with Crippen molar-refractivity contribution in [1.82, 2.24) is 5.32 Å². The van der Waals surface area contributed by atoms with E-state index in [0.717, 1.165) is 5.56 Å². The molecule has 28 heavy (non-hydrogen) atoms. The van der Waals surface area contributed by atoms with Gasteiger partial charge in [-0.15, -0.1) is 0 Å². The Labute approximate surface area is 166 Å². The summed E-state index contributed by atoms with van der Waals surface area (Å²) in [6.07, 6.45) is -1.69. The van der Waals surface area contributed by atoms with Crippen molar-refractivity contribution in [3.8, 4) is 5.75 Å². The van der Waals surface area contributed by atoms with Gasteiger partial charge in [-0.3, -0.25) is 4.79 Å². The number of aryl methyl sites for hydroxylation is 1. The minimum absolute atomic E-state index is 0.0517. The van der Waals surface area contributed by atoms with Crippen LogP contribution in [0.15, 0.2) is 57.7 Å². The molecule has 1 amide bonds. The highest BCUT2D eigenvalue weighted by atomic mass is 35.5. The molecule has 6 nitrogen and oxygen atoms in total. The molecule has 7 heteroatoms. The van der Waals surface area contributed by atoms with Gasteiger partial charge in [0.15, 0.2) is 6.10 Å². The zero-order valence-electron chi connectivity index (χ0n) is 15.4. The summed E-state index contributed by atoms with van der Waals surface area (Å²) in [4.78, 5) is 23.9. The topological polar surface area (TPSA) is 88.8 Å². The fraction of sp³-hybridized carbons (Fsp3) is 0.238. The van der Waals surface area contributed by atoms with Gasteiger partial charge in [0, 0.05) is 24.1 Å². The van der Waals surface area contributed by atoms with Crippen LogP contribution in [0, 0.1) is 6.92 Å². The number of ether oxygens (including phenoxy) is 1. The molecule has 0 saturated carbocycles. The third-order valence-electron chi connectivity index (χ3n) is 4.33. The highest BCUT2D eigenvalue weighted by molar-refractivity contribution is 6.32. The van der Waals surface area contributed by atoms with E-state index in [2.05, 4.69) is 5.32 Å². The van der Waals surface area contributed by atoms with Gasteiger partial charge in [0.05, 0.1) is 11.1 Å². The van der Waals surface area contributed by atoms with Crippen LogP contribution in [0.4, 0.5) is 0 Å². The second kappa shape index (κ2) is 8.46. The zero-order valence-corrected chi connectivity index (χ0v) is 16.2. The molecule has 0 aliphatic rings. The molecule has 1 heterocycles. The molecular formula is C21H20ClNO5. The number of rotatable bonds is 6. The molecule has 0 aliphatic carbocycles. The van der Waals surface area contributed by atoms with E-state index >= 15 is 0 Å². The first-order chi connectivity index (χ1) is 13.3. The van der Waals surface area contributed by atoms with E-state index < -0.39 is 23.7 Å². The zero-order chi connectivity index (χ0) is 20.3. The number of hydrogen-bond acceptors (Lipinski definition) is 5. The highest BCUT2D eigenvalue weighted by Crippen LogP contribution is 2.31. The number of aliphatic hydroxyl groups excluding tert-OH is 1. The Hall–Kier alpha value is -2.83. The van der Waals surface area contributed by atoms with E-state index in [9.17, 15) is 14.7 Å². The van der Waals surface area contributed by atoms with Crippen molar-refractivity contribution < 1.29 is 19.1 Å². The molecule has 1 aromatic heterocycles. The molecule has 0 unspecified atom stereocenters. The maximum atomic E-state index is 12.3. The molecule has 0 spiro atoms. The Bertz CT molecular complexity index is 1050. The van der Waals surface area contributed by atoms with Gasteiger partial charge in [-0.25, -0.2) is 4.79 Å². The Kier molecular flexibility index (Phi) is 6.02. The van der Waals surface area contributed by atoms with Crippen LogP contribution in [0.2, 0.25) is 5.02 Å². The first-order valence-electron chi connectivity index (χ1n) is 8.76. The minimum atomic E-state index is -0.866. The third-order valence-corrected chi connectivity index (χ3v) is 4.63. The van der Waals surface area contributed by atoms with Crippen molar-refractivity contribution in [3.63, 3.8) is 0 Å². The van der Waals surface area contributed by atoms with Gasteiger partial charge < -0.3 is 19.6 Å². The van der Waals surface area contributed by atoms with Crippen LogP contribution >= 0.6 is 11.6 Å². The molecule has 3 aromatic rings. The van der Waals surface area contributed by atoms with E-state index in [1.165, 1.54) is 12.1 Å². The molecule has 2 aromatic carbocycles. The predicted molar refractivity (Wildman–Crippen MR) is 107 cm³/mol.